The van der Waals surface area contributed by atoms with Gasteiger partial charge in [0.05, 0.1) is 6.61 Å². The number of aryl methyl sites for hydroxylation is 1. The molecule has 3 aromatic rings. The Bertz CT molecular complexity index is 961. The molecule has 0 unspecified atom stereocenters. The Morgan fingerprint density at radius 2 is 1.82 bits per heavy atom. The van der Waals surface area contributed by atoms with Gasteiger partial charge in [0.25, 0.3) is 0 Å². The van der Waals surface area contributed by atoms with Gasteiger partial charge in [0.1, 0.15) is 11.6 Å². The smallest absolute Gasteiger partial charge is 0.490 e. The molecule has 0 bridgehead atoms. The number of hydrogen-bond donors (Lipinski definition) is 1. The van der Waals surface area contributed by atoms with E-state index in [1.165, 1.54) is 24.4 Å². The Morgan fingerprint density at radius 3 is 2.54 bits per heavy atom. The molecule has 0 aliphatic heterocycles. The molecule has 5 nitrogen and oxygen atoms in total. The van der Waals surface area contributed by atoms with Crippen LogP contribution in [-0.4, -0.2) is 22.9 Å². The maximum atomic E-state index is 12.7. The highest BCUT2D eigenvalue weighted by atomic mass is 19.4. The fraction of sp³-hybridized carbons (Fsp3) is 0.200. The highest BCUT2D eigenvalue weighted by Gasteiger charge is 2.32. The van der Waals surface area contributed by atoms with E-state index in [4.69, 9.17) is 4.74 Å². The lowest BCUT2D eigenvalue weighted by molar-refractivity contribution is -0.274. The number of benzene rings is 1. The molecule has 0 spiro atoms. The van der Waals surface area contributed by atoms with E-state index in [9.17, 15) is 13.2 Å². The second-order valence-corrected chi connectivity index (χ2v) is 5.84. The number of nitrogens with one attached hydrogen (secondary N) is 1. The monoisotopic (exact) mass is 389 g/mol. The number of pyridine rings is 2. The van der Waals surface area contributed by atoms with Crippen molar-refractivity contribution in [3.05, 3.63) is 60.4 Å². The van der Waals surface area contributed by atoms with E-state index in [1.807, 2.05) is 26.0 Å². The van der Waals surface area contributed by atoms with Crippen molar-refractivity contribution in [3.8, 4) is 22.6 Å². The molecule has 0 aliphatic rings. The van der Waals surface area contributed by atoms with Gasteiger partial charge in [0.15, 0.2) is 11.6 Å². The van der Waals surface area contributed by atoms with Crippen LogP contribution >= 0.6 is 0 Å². The van der Waals surface area contributed by atoms with Crippen LogP contribution in [0.4, 0.5) is 24.8 Å². The van der Waals surface area contributed by atoms with E-state index in [0.717, 1.165) is 5.69 Å². The molecular weight excluding hydrogens is 371 g/mol. The molecule has 1 aromatic carbocycles. The van der Waals surface area contributed by atoms with Crippen LogP contribution in [0.25, 0.3) is 11.1 Å². The summed E-state index contributed by atoms with van der Waals surface area (Å²) in [7, 11) is 0. The normalized spacial score (nSPS) is 11.2. The molecule has 1 N–H and O–H groups in total. The minimum Gasteiger partial charge on any atom is -0.490 e. The van der Waals surface area contributed by atoms with Gasteiger partial charge in [-0.15, -0.1) is 13.2 Å². The largest absolute Gasteiger partial charge is 0.573 e. The zero-order valence-corrected chi connectivity index (χ0v) is 15.2. The molecule has 2 aromatic heterocycles. The molecule has 146 valence electrons. The number of alkyl halides is 3. The first-order valence-electron chi connectivity index (χ1n) is 8.54. The van der Waals surface area contributed by atoms with Gasteiger partial charge >= 0.3 is 6.36 Å². The summed E-state index contributed by atoms with van der Waals surface area (Å²) in [6, 6.07) is 13.0. The minimum atomic E-state index is -4.79. The summed E-state index contributed by atoms with van der Waals surface area (Å²) in [5, 5.41) is 3.07. The Kier molecular flexibility index (Phi) is 5.67. The lowest BCUT2D eigenvalue weighted by atomic mass is 10.1. The van der Waals surface area contributed by atoms with Crippen molar-refractivity contribution in [2.24, 2.45) is 0 Å². The minimum absolute atomic E-state index is 0.258. The van der Waals surface area contributed by atoms with E-state index in [2.05, 4.69) is 20.0 Å². The first-order valence-corrected chi connectivity index (χ1v) is 8.54. The van der Waals surface area contributed by atoms with E-state index in [0.29, 0.717) is 29.6 Å². The van der Waals surface area contributed by atoms with Gasteiger partial charge in [-0.3, -0.25) is 0 Å². The van der Waals surface area contributed by atoms with Crippen molar-refractivity contribution in [2.75, 3.05) is 11.9 Å². The van der Waals surface area contributed by atoms with Gasteiger partial charge in [-0.1, -0.05) is 24.3 Å². The second-order valence-electron chi connectivity index (χ2n) is 5.84. The number of ether oxygens (including phenoxy) is 2. The summed E-state index contributed by atoms with van der Waals surface area (Å²) in [6.45, 7) is 4.03. The van der Waals surface area contributed by atoms with Crippen LogP contribution in [0, 0.1) is 6.92 Å². The molecule has 0 fully saturated rings. The fourth-order valence-electron chi connectivity index (χ4n) is 2.60. The Labute approximate surface area is 160 Å². The molecule has 0 amide bonds. The molecule has 28 heavy (non-hydrogen) atoms. The molecule has 8 heteroatoms. The fourth-order valence-corrected chi connectivity index (χ4v) is 2.60. The van der Waals surface area contributed by atoms with Crippen molar-refractivity contribution in [1.29, 1.82) is 0 Å². The van der Waals surface area contributed by atoms with Crippen molar-refractivity contribution in [1.82, 2.24) is 9.97 Å². The molecule has 0 aliphatic carbocycles. The summed E-state index contributed by atoms with van der Waals surface area (Å²) in [4.78, 5) is 8.68. The third-order valence-corrected chi connectivity index (χ3v) is 3.71. The standard InChI is InChI=1S/C20H18F3N3O2/c1-3-27-17-11-14(15-8-4-5-9-16(15)28-20(21,22)23)12-24-19(17)26-18-10-6-7-13(2)25-18/h4-12H,3H2,1-2H3,(H,24,25,26). The van der Waals surface area contributed by atoms with Crippen LogP contribution in [-0.2, 0) is 0 Å². The lowest BCUT2D eigenvalue weighted by Gasteiger charge is -2.15. The van der Waals surface area contributed by atoms with E-state index in [1.54, 1.807) is 18.2 Å². The van der Waals surface area contributed by atoms with Crippen LogP contribution in [0.3, 0.4) is 0 Å². The Balaban J connectivity index is 1.97. The average molecular weight is 389 g/mol. The molecule has 0 atom stereocenters. The Hall–Kier alpha value is -3.29. The second kappa shape index (κ2) is 8.16. The molecule has 0 saturated carbocycles. The van der Waals surface area contributed by atoms with Crippen LogP contribution in [0.5, 0.6) is 11.5 Å². The lowest BCUT2D eigenvalue weighted by Crippen LogP contribution is -2.17. The number of nitrogens with zero attached hydrogens (tertiary/aromatic N) is 2. The molecule has 0 saturated heterocycles. The Morgan fingerprint density at radius 1 is 1.04 bits per heavy atom. The summed E-state index contributed by atoms with van der Waals surface area (Å²) in [6.07, 6.45) is -3.33. The van der Waals surface area contributed by atoms with E-state index in [-0.39, 0.29) is 11.3 Å². The zero-order chi connectivity index (χ0) is 20.1. The van der Waals surface area contributed by atoms with Gasteiger partial charge < -0.3 is 14.8 Å². The SMILES string of the molecule is CCOc1cc(-c2ccccc2OC(F)(F)F)cnc1Nc1cccc(C)n1. The third kappa shape index (κ3) is 4.91. The summed E-state index contributed by atoms with van der Waals surface area (Å²) < 4.78 is 47.8. The van der Waals surface area contributed by atoms with Crippen molar-refractivity contribution >= 4 is 11.6 Å². The molecular formula is C20H18F3N3O2. The first kappa shape index (κ1) is 19.5. The summed E-state index contributed by atoms with van der Waals surface area (Å²) in [5.41, 5.74) is 1.53. The predicted octanol–water partition coefficient (Wildman–Crippen LogP) is 5.49. The van der Waals surface area contributed by atoms with Crippen LogP contribution in [0.15, 0.2) is 54.7 Å². The maximum Gasteiger partial charge on any atom is 0.573 e. The van der Waals surface area contributed by atoms with Crippen molar-refractivity contribution in [2.45, 2.75) is 20.2 Å². The van der Waals surface area contributed by atoms with Crippen LogP contribution < -0.4 is 14.8 Å². The highest BCUT2D eigenvalue weighted by Crippen LogP contribution is 2.36. The van der Waals surface area contributed by atoms with Gasteiger partial charge in [0.2, 0.25) is 0 Å². The van der Waals surface area contributed by atoms with Gasteiger partial charge in [-0.25, -0.2) is 9.97 Å². The highest BCUT2D eigenvalue weighted by molar-refractivity contribution is 5.74. The molecule has 2 heterocycles. The average Bonchev–Trinajstić information content (AvgIpc) is 2.63. The first-order chi connectivity index (χ1) is 13.4. The van der Waals surface area contributed by atoms with Gasteiger partial charge in [-0.05, 0) is 38.1 Å². The molecule has 3 rings (SSSR count). The van der Waals surface area contributed by atoms with Crippen molar-refractivity contribution in [3.63, 3.8) is 0 Å². The number of halogens is 3. The van der Waals surface area contributed by atoms with E-state index >= 15 is 0 Å². The van der Waals surface area contributed by atoms with Gasteiger partial charge in [-0.2, -0.15) is 0 Å². The number of hydrogen-bond acceptors (Lipinski definition) is 5. The quantitative estimate of drug-likeness (QED) is 0.604. The topological polar surface area (TPSA) is 56.3 Å². The summed E-state index contributed by atoms with van der Waals surface area (Å²) in [5.74, 6) is 1.09. The van der Waals surface area contributed by atoms with E-state index < -0.39 is 6.36 Å². The zero-order valence-electron chi connectivity index (χ0n) is 15.2. The van der Waals surface area contributed by atoms with Crippen molar-refractivity contribution < 1.29 is 22.6 Å². The molecule has 0 radical (unpaired) electrons. The number of para-hydroxylation sites is 1. The maximum absolute atomic E-state index is 12.7. The van der Waals surface area contributed by atoms with Crippen LogP contribution in [0.2, 0.25) is 0 Å². The van der Waals surface area contributed by atoms with Gasteiger partial charge in [0, 0.05) is 23.0 Å². The third-order valence-electron chi connectivity index (χ3n) is 3.71. The number of anilines is 2. The summed E-state index contributed by atoms with van der Waals surface area (Å²) >= 11 is 0. The van der Waals surface area contributed by atoms with Crippen LogP contribution in [0.1, 0.15) is 12.6 Å². The predicted molar refractivity (Wildman–Crippen MR) is 99.8 cm³/mol. The number of rotatable bonds is 6. The number of aromatic nitrogens is 2.